The molecule has 0 aliphatic rings. The number of thiazole rings is 1. The fourth-order valence-electron chi connectivity index (χ4n) is 2.60. The van der Waals surface area contributed by atoms with E-state index in [2.05, 4.69) is 4.99 Å². The summed E-state index contributed by atoms with van der Waals surface area (Å²) >= 11 is 7.07. The number of esters is 1. The molecule has 0 saturated heterocycles. The van der Waals surface area contributed by atoms with E-state index in [0.29, 0.717) is 11.3 Å². The SMILES string of the molecule is Cc1ccc(Cn2ccsc2=NC(=O)COC(=O)c2ccc(Cl)c(S(N)(=O)=O)c2)cc1. The molecule has 0 radical (unpaired) electrons. The lowest BCUT2D eigenvalue weighted by Gasteiger charge is -2.06. The largest absolute Gasteiger partial charge is 0.452 e. The van der Waals surface area contributed by atoms with Crippen molar-refractivity contribution in [3.8, 4) is 0 Å². The van der Waals surface area contributed by atoms with E-state index in [0.717, 1.165) is 17.2 Å². The lowest BCUT2D eigenvalue weighted by molar-refractivity contribution is -0.121. The summed E-state index contributed by atoms with van der Waals surface area (Å²) in [6, 6.07) is 11.5. The average Bonchev–Trinajstić information content (AvgIpc) is 3.13. The molecule has 3 rings (SSSR count). The Balaban J connectivity index is 1.68. The normalized spacial score (nSPS) is 12.0. The Kier molecular flexibility index (Phi) is 7.06. The van der Waals surface area contributed by atoms with Gasteiger partial charge in [0.1, 0.15) is 4.90 Å². The van der Waals surface area contributed by atoms with E-state index in [1.807, 2.05) is 42.0 Å². The summed E-state index contributed by atoms with van der Waals surface area (Å²) < 4.78 is 29.8. The molecule has 0 atom stereocenters. The number of halogens is 1. The van der Waals surface area contributed by atoms with Gasteiger partial charge in [0.15, 0.2) is 11.4 Å². The quantitative estimate of drug-likeness (QED) is 0.544. The van der Waals surface area contributed by atoms with Gasteiger partial charge in [0.2, 0.25) is 10.0 Å². The number of carbonyl (C=O) groups is 2. The van der Waals surface area contributed by atoms with E-state index in [4.69, 9.17) is 21.5 Å². The van der Waals surface area contributed by atoms with Crippen molar-refractivity contribution < 1.29 is 22.7 Å². The molecule has 0 bridgehead atoms. The topological polar surface area (TPSA) is 121 Å². The van der Waals surface area contributed by atoms with Crippen LogP contribution in [0.4, 0.5) is 0 Å². The van der Waals surface area contributed by atoms with Crippen LogP contribution in [0.3, 0.4) is 0 Å². The molecule has 162 valence electrons. The van der Waals surface area contributed by atoms with E-state index in [1.165, 1.54) is 23.5 Å². The van der Waals surface area contributed by atoms with Crippen molar-refractivity contribution in [2.24, 2.45) is 10.1 Å². The van der Waals surface area contributed by atoms with Crippen molar-refractivity contribution in [1.29, 1.82) is 0 Å². The highest BCUT2D eigenvalue weighted by Gasteiger charge is 2.18. The van der Waals surface area contributed by atoms with Gasteiger partial charge in [-0.15, -0.1) is 11.3 Å². The second-order valence-electron chi connectivity index (χ2n) is 6.57. The van der Waals surface area contributed by atoms with Gasteiger partial charge >= 0.3 is 5.97 Å². The van der Waals surface area contributed by atoms with Crippen LogP contribution in [0.2, 0.25) is 5.02 Å². The van der Waals surface area contributed by atoms with E-state index >= 15 is 0 Å². The summed E-state index contributed by atoms with van der Waals surface area (Å²) in [5.74, 6) is -1.56. The molecule has 11 heteroatoms. The minimum absolute atomic E-state index is 0.105. The fourth-order valence-corrected chi connectivity index (χ4v) is 4.41. The van der Waals surface area contributed by atoms with Crippen LogP contribution in [0.15, 0.2) is 63.9 Å². The summed E-state index contributed by atoms with van der Waals surface area (Å²) in [4.78, 5) is 28.4. The highest BCUT2D eigenvalue weighted by atomic mass is 35.5. The number of hydrogen-bond donors (Lipinski definition) is 1. The van der Waals surface area contributed by atoms with Gasteiger partial charge in [-0.05, 0) is 30.7 Å². The summed E-state index contributed by atoms with van der Waals surface area (Å²) in [5.41, 5.74) is 2.10. The van der Waals surface area contributed by atoms with Gasteiger partial charge in [-0.2, -0.15) is 4.99 Å². The molecule has 31 heavy (non-hydrogen) atoms. The second kappa shape index (κ2) is 9.56. The van der Waals surface area contributed by atoms with Crippen molar-refractivity contribution in [3.05, 3.63) is 80.6 Å². The van der Waals surface area contributed by atoms with E-state index in [9.17, 15) is 18.0 Å². The molecule has 0 spiro atoms. The van der Waals surface area contributed by atoms with Crippen molar-refractivity contribution in [3.63, 3.8) is 0 Å². The summed E-state index contributed by atoms with van der Waals surface area (Å²) in [7, 11) is -4.11. The molecule has 1 heterocycles. The minimum atomic E-state index is -4.11. The molecule has 0 aliphatic heterocycles. The standard InChI is InChI=1S/C20H18ClN3O5S2/c1-13-2-4-14(5-3-13)11-24-8-9-30-20(24)23-18(25)12-29-19(26)15-6-7-16(21)17(10-15)31(22,27)28/h2-10H,11-12H2,1H3,(H2,22,27,28). The first kappa shape index (κ1) is 22.9. The zero-order valence-electron chi connectivity index (χ0n) is 16.3. The predicted octanol–water partition coefficient (Wildman–Crippen LogP) is 2.49. The zero-order valence-corrected chi connectivity index (χ0v) is 18.7. The van der Waals surface area contributed by atoms with E-state index in [-0.39, 0.29) is 10.6 Å². The molecule has 8 nitrogen and oxygen atoms in total. The van der Waals surface area contributed by atoms with Gasteiger partial charge in [-0.25, -0.2) is 18.4 Å². The average molecular weight is 480 g/mol. The molecule has 0 unspecified atom stereocenters. The number of ether oxygens (including phenoxy) is 1. The first-order chi connectivity index (χ1) is 14.6. The first-order valence-corrected chi connectivity index (χ1v) is 11.7. The molecule has 0 saturated carbocycles. The van der Waals surface area contributed by atoms with Gasteiger partial charge in [0, 0.05) is 18.1 Å². The van der Waals surface area contributed by atoms with Crippen LogP contribution < -0.4 is 9.94 Å². The smallest absolute Gasteiger partial charge is 0.338 e. The van der Waals surface area contributed by atoms with Gasteiger partial charge in [0.25, 0.3) is 5.91 Å². The third kappa shape index (κ3) is 6.11. The number of aromatic nitrogens is 1. The molecule has 1 aromatic heterocycles. The highest BCUT2D eigenvalue weighted by Crippen LogP contribution is 2.21. The predicted molar refractivity (Wildman–Crippen MR) is 116 cm³/mol. The van der Waals surface area contributed by atoms with Crippen LogP contribution in [0.5, 0.6) is 0 Å². The lowest BCUT2D eigenvalue weighted by Crippen LogP contribution is -2.20. The Labute approximate surface area is 187 Å². The molecule has 2 N–H and O–H groups in total. The molecule has 2 aromatic carbocycles. The Morgan fingerprint density at radius 3 is 2.58 bits per heavy atom. The van der Waals surface area contributed by atoms with E-state index in [1.54, 1.807) is 5.38 Å². The number of nitrogens with two attached hydrogens (primary N) is 1. The van der Waals surface area contributed by atoms with Crippen molar-refractivity contribution in [1.82, 2.24) is 4.57 Å². The van der Waals surface area contributed by atoms with Crippen LogP contribution in [0.1, 0.15) is 21.5 Å². The number of benzene rings is 2. The van der Waals surface area contributed by atoms with Gasteiger partial charge in [-0.1, -0.05) is 41.4 Å². The molecule has 0 aliphatic carbocycles. The minimum Gasteiger partial charge on any atom is -0.452 e. The van der Waals surface area contributed by atoms with Gasteiger partial charge in [-0.3, -0.25) is 4.79 Å². The molecule has 3 aromatic rings. The number of amides is 1. The molecule has 1 amide bonds. The lowest BCUT2D eigenvalue weighted by atomic mass is 10.1. The maximum atomic E-state index is 12.2. The van der Waals surface area contributed by atoms with Gasteiger partial charge < -0.3 is 9.30 Å². The summed E-state index contributed by atoms with van der Waals surface area (Å²) in [6.07, 6.45) is 1.81. The number of hydrogen-bond acceptors (Lipinski definition) is 6. The van der Waals surface area contributed by atoms with Crippen LogP contribution in [-0.2, 0) is 26.1 Å². The fraction of sp³-hybridized carbons (Fsp3) is 0.150. The second-order valence-corrected chi connectivity index (χ2v) is 9.38. The number of nitrogens with zero attached hydrogens (tertiary/aromatic N) is 2. The van der Waals surface area contributed by atoms with Crippen molar-refractivity contribution >= 4 is 44.8 Å². The molecule has 0 fully saturated rings. The summed E-state index contributed by atoms with van der Waals surface area (Å²) in [6.45, 7) is 1.94. The maximum Gasteiger partial charge on any atom is 0.338 e. The Bertz CT molecular complexity index is 1290. The van der Waals surface area contributed by atoms with Crippen LogP contribution in [-0.4, -0.2) is 31.5 Å². The van der Waals surface area contributed by atoms with Crippen LogP contribution in [0, 0.1) is 6.92 Å². The van der Waals surface area contributed by atoms with Crippen LogP contribution >= 0.6 is 22.9 Å². The first-order valence-electron chi connectivity index (χ1n) is 8.90. The Morgan fingerprint density at radius 1 is 1.19 bits per heavy atom. The molecular weight excluding hydrogens is 462 g/mol. The molecular formula is C20H18ClN3O5S2. The number of primary sulfonamides is 1. The maximum absolute atomic E-state index is 12.2. The third-order valence-electron chi connectivity index (χ3n) is 4.15. The summed E-state index contributed by atoms with van der Waals surface area (Å²) in [5, 5.41) is 6.74. The Morgan fingerprint density at radius 2 is 1.90 bits per heavy atom. The highest BCUT2D eigenvalue weighted by molar-refractivity contribution is 7.89. The number of aryl methyl sites for hydroxylation is 1. The van der Waals surface area contributed by atoms with Crippen LogP contribution in [0.25, 0.3) is 0 Å². The number of sulfonamides is 1. The number of rotatable bonds is 6. The van der Waals surface area contributed by atoms with Gasteiger partial charge in [0.05, 0.1) is 10.6 Å². The third-order valence-corrected chi connectivity index (χ3v) is 6.34. The van der Waals surface area contributed by atoms with E-state index < -0.39 is 33.4 Å². The Hall–Kier alpha value is -2.79. The zero-order chi connectivity index (χ0) is 22.6. The van der Waals surface area contributed by atoms with Crippen molar-refractivity contribution in [2.75, 3.05) is 6.61 Å². The monoisotopic (exact) mass is 479 g/mol. The van der Waals surface area contributed by atoms with Crippen molar-refractivity contribution in [2.45, 2.75) is 18.4 Å². The number of carbonyl (C=O) groups excluding carboxylic acids is 2.